The van der Waals surface area contributed by atoms with Crippen LogP contribution in [0, 0.1) is 11.8 Å². The lowest BCUT2D eigenvalue weighted by Gasteiger charge is -2.34. The number of rotatable bonds is 20. The summed E-state index contributed by atoms with van der Waals surface area (Å²) in [6.07, 6.45) is 18.1. The van der Waals surface area contributed by atoms with E-state index in [1.54, 1.807) is 0 Å². The van der Waals surface area contributed by atoms with Gasteiger partial charge in [0.2, 0.25) is 0 Å². The fourth-order valence-corrected chi connectivity index (χ4v) is 8.23. The highest BCUT2D eigenvalue weighted by molar-refractivity contribution is 5.88. The standard InChI is InChI=1S/C44H62O6/c1-4-5-6-9-34-12-14-36(15-13-34)38-20-22-40(23-21-38)42-26-24-41(25-27-42)39-18-16-37(17-19-39)35(10-7-28-49-43(47)32(2)30-45)11-8-29-50-44(48)33(3)31-46/h12-15,24-27,35,37-40,45-46H,2-11,16-23,28-31H2,1H3. The number of aliphatic hydroxyl groups excluding tert-OH is 2. The topological polar surface area (TPSA) is 93.1 Å². The van der Waals surface area contributed by atoms with Crippen LogP contribution < -0.4 is 0 Å². The van der Waals surface area contributed by atoms with Crippen molar-refractivity contribution in [3.8, 4) is 0 Å². The maximum absolute atomic E-state index is 11.9. The van der Waals surface area contributed by atoms with Gasteiger partial charge in [0.1, 0.15) is 0 Å². The predicted octanol–water partition coefficient (Wildman–Crippen LogP) is 9.49. The number of carbonyl (C=O) groups excluding carboxylic acids is 2. The Morgan fingerprint density at radius 2 is 1.04 bits per heavy atom. The molecule has 2 aromatic carbocycles. The maximum atomic E-state index is 11.9. The maximum Gasteiger partial charge on any atom is 0.335 e. The number of carbonyl (C=O) groups is 2. The van der Waals surface area contributed by atoms with Crippen LogP contribution in [0.15, 0.2) is 72.8 Å². The quantitative estimate of drug-likeness (QED) is 0.0819. The fourth-order valence-electron chi connectivity index (χ4n) is 8.23. The van der Waals surface area contributed by atoms with Gasteiger partial charge in [-0.3, -0.25) is 0 Å². The smallest absolute Gasteiger partial charge is 0.335 e. The minimum absolute atomic E-state index is 0.0703. The van der Waals surface area contributed by atoms with E-state index in [4.69, 9.17) is 19.7 Å². The third-order valence-electron chi connectivity index (χ3n) is 11.4. The first-order valence-corrected chi connectivity index (χ1v) is 19.4. The lowest BCUT2D eigenvalue weighted by Crippen LogP contribution is -2.23. The zero-order chi connectivity index (χ0) is 35.7. The third kappa shape index (κ3) is 12.2. The Balaban J connectivity index is 1.23. The van der Waals surface area contributed by atoms with Gasteiger partial charge in [0.15, 0.2) is 0 Å². The third-order valence-corrected chi connectivity index (χ3v) is 11.4. The van der Waals surface area contributed by atoms with Crippen LogP contribution in [0.25, 0.3) is 0 Å². The largest absolute Gasteiger partial charge is 0.462 e. The molecule has 0 aromatic heterocycles. The van der Waals surface area contributed by atoms with Crippen LogP contribution >= 0.6 is 0 Å². The number of hydrogen-bond donors (Lipinski definition) is 2. The van der Waals surface area contributed by atoms with E-state index in [1.165, 1.54) is 86.5 Å². The Labute approximate surface area is 301 Å². The molecule has 0 spiro atoms. The van der Waals surface area contributed by atoms with Crippen LogP contribution in [-0.2, 0) is 25.5 Å². The average molecular weight is 687 g/mol. The van der Waals surface area contributed by atoms with Gasteiger partial charge < -0.3 is 19.7 Å². The molecule has 2 saturated carbocycles. The second kappa shape index (κ2) is 21.2. The summed E-state index contributed by atoms with van der Waals surface area (Å²) in [6.45, 7) is 9.15. The average Bonchev–Trinajstić information content (AvgIpc) is 3.17. The minimum atomic E-state index is -0.544. The molecule has 0 bridgehead atoms. The minimum Gasteiger partial charge on any atom is -0.462 e. The summed E-state index contributed by atoms with van der Waals surface area (Å²) in [5.74, 6) is 1.86. The van der Waals surface area contributed by atoms with Crippen LogP contribution in [0.3, 0.4) is 0 Å². The molecule has 4 rings (SSSR count). The molecule has 50 heavy (non-hydrogen) atoms. The van der Waals surface area contributed by atoms with Crippen molar-refractivity contribution in [2.75, 3.05) is 26.4 Å². The highest BCUT2D eigenvalue weighted by atomic mass is 16.5. The molecule has 0 aliphatic heterocycles. The van der Waals surface area contributed by atoms with E-state index in [1.807, 2.05) is 0 Å². The molecule has 2 N–H and O–H groups in total. The normalized spacial score (nSPS) is 20.7. The van der Waals surface area contributed by atoms with Crippen molar-refractivity contribution in [1.29, 1.82) is 0 Å². The Morgan fingerprint density at radius 3 is 1.44 bits per heavy atom. The molecule has 2 aliphatic rings. The Bertz CT molecular complexity index is 1290. The Kier molecular flexibility index (Phi) is 16.8. The summed E-state index contributed by atoms with van der Waals surface area (Å²) in [5.41, 5.74) is 6.11. The van der Waals surface area contributed by atoms with Crippen LogP contribution in [0.5, 0.6) is 0 Å². The predicted molar refractivity (Wildman–Crippen MR) is 201 cm³/mol. The summed E-state index contributed by atoms with van der Waals surface area (Å²) in [6, 6.07) is 19.1. The molecule has 6 heteroatoms. The summed E-state index contributed by atoms with van der Waals surface area (Å²) in [5, 5.41) is 18.2. The Hall–Kier alpha value is -3.22. The van der Waals surface area contributed by atoms with Gasteiger partial charge in [0.05, 0.1) is 37.6 Å². The molecule has 2 fully saturated rings. The van der Waals surface area contributed by atoms with Crippen molar-refractivity contribution in [3.63, 3.8) is 0 Å². The zero-order valence-corrected chi connectivity index (χ0v) is 30.6. The fraction of sp³-hybridized carbons (Fsp3) is 0.591. The van der Waals surface area contributed by atoms with Crippen molar-refractivity contribution in [2.24, 2.45) is 11.8 Å². The first kappa shape index (κ1) is 39.6. The van der Waals surface area contributed by atoms with Gasteiger partial charge in [-0.1, -0.05) is 81.5 Å². The molecule has 0 saturated heterocycles. The van der Waals surface area contributed by atoms with Gasteiger partial charge in [-0.15, -0.1) is 0 Å². The molecule has 2 aromatic rings. The first-order valence-electron chi connectivity index (χ1n) is 19.4. The van der Waals surface area contributed by atoms with Gasteiger partial charge in [-0.05, 0) is 142 Å². The number of aliphatic hydroxyl groups is 2. The molecule has 6 nitrogen and oxygen atoms in total. The molecular formula is C44H62O6. The highest BCUT2D eigenvalue weighted by Crippen LogP contribution is 2.43. The van der Waals surface area contributed by atoms with E-state index in [9.17, 15) is 9.59 Å². The second-order valence-electron chi connectivity index (χ2n) is 14.9. The molecule has 0 unspecified atom stereocenters. The number of ether oxygens (including phenoxy) is 2. The van der Waals surface area contributed by atoms with E-state index in [0.29, 0.717) is 42.8 Å². The summed E-state index contributed by atoms with van der Waals surface area (Å²) < 4.78 is 10.6. The van der Waals surface area contributed by atoms with Crippen molar-refractivity contribution in [3.05, 3.63) is 95.1 Å². The molecule has 0 radical (unpaired) electrons. The SMILES string of the molecule is C=C(CO)C(=O)OCCCC(CCCOC(=O)C(=C)CO)C1CCC(c2ccc(C3CCC(c4ccc(CCCCC)cc4)CC3)cc2)CC1. The summed E-state index contributed by atoms with van der Waals surface area (Å²) >= 11 is 0. The van der Waals surface area contributed by atoms with E-state index in [0.717, 1.165) is 38.5 Å². The van der Waals surface area contributed by atoms with E-state index >= 15 is 0 Å². The van der Waals surface area contributed by atoms with Crippen LogP contribution in [0.2, 0.25) is 0 Å². The van der Waals surface area contributed by atoms with E-state index in [2.05, 4.69) is 68.6 Å². The molecule has 0 heterocycles. The molecular weight excluding hydrogens is 624 g/mol. The first-order chi connectivity index (χ1) is 24.3. The summed E-state index contributed by atoms with van der Waals surface area (Å²) in [7, 11) is 0. The van der Waals surface area contributed by atoms with Crippen LogP contribution in [0.4, 0.5) is 0 Å². The van der Waals surface area contributed by atoms with Crippen molar-refractivity contribution in [2.45, 2.75) is 127 Å². The molecule has 0 atom stereocenters. The molecule has 274 valence electrons. The molecule has 2 aliphatic carbocycles. The van der Waals surface area contributed by atoms with Gasteiger partial charge in [0, 0.05) is 0 Å². The van der Waals surface area contributed by atoms with Gasteiger partial charge in [-0.25, -0.2) is 9.59 Å². The van der Waals surface area contributed by atoms with E-state index < -0.39 is 25.2 Å². The number of hydrogen-bond acceptors (Lipinski definition) is 6. The number of aryl methyl sites for hydroxylation is 1. The van der Waals surface area contributed by atoms with Crippen LogP contribution in [0.1, 0.15) is 143 Å². The number of esters is 2. The van der Waals surface area contributed by atoms with Gasteiger partial charge in [-0.2, -0.15) is 0 Å². The second-order valence-corrected chi connectivity index (χ2v) is 14.9. The van der Waals surface area contributed by atoms with Crippen molar-refractivity contribution in [1.82, 2.24) is 0 Å². The van der Waals surface area contributed by atoms with E-state index in [-0.39, 0.29) is 11.1 Å². The van der Waals surface area contributed by atoms with Crippen molar-refractivity contribution >= 4 is 11.9 Å². The lowest BCUT2D eigenvalue weighted by molar-refractivity contribution is -0.140. The van der Waals surface area contributed by atoms with Gasteiger partial charge >= 0.3 is 11.9 Å². The lowest BCUT2D eigenvalue weighted by atomic mass is 9.71. The molecule has 0 amide bonds. The van der Waals surface area contributed by atoms with Crippen LogP contribution in [-0.4, -0.2) is 48.6 Å². The van der Waals surface area contributed by atoms with Crippen molar-refractivity contribution < 1.29 is 29.3 Å². The van der Waals surface area contributed by atoms with Gasteiger partial charge in [0.25, 0.3) is 0 Å². The monoisotopic (exact) mass is 686 g/mol. The summed E-state index contributed by atoms with van der Waals surface area (Å²) in [4.78, 5) is 23.8. The number of benzene rings is 2. The Morgan fingerprint density at radius 1 is 0.640 bits per heavy atom. The number of unbranched alkanes of at least 4 members (excludes halogenated alkanes) is 2. The zero-order valence-electron chi connectivity index (χ0n) is 30.6. The highest BCUT2D eigenvalue weighted by Gasteiger charge is 2.29.